The van der Waals surface area contributed by atoms with E-state index in [-0.39, 0.29) is 29.7 Å². The molecule has 2 aromatic rings. The summed E-state index contributed by atoms with van der Waals surface area (Å²) < 4.78 is 0. The zero-order chi connectivity index (χ0) is 15.4. The Labute approximate surface area is 123 Å². The molecule has 1 aromatic heterocycles. The number of rotatable bonds is 5. The summed E-state index contributed by atoms with van der Waals surface area (Å²) in [7, 11) is 0. The predicted molar refractivity (Wildman–Crippen MR) is 82.4 cm³/mol. The van der Waals surface area contributed by atoms with Gasteiger partial charge in [0.1, 0.15) is 5.69 Å². The highest BCUT2D eigenvalue weighted by atomic mass is 16.3. The number of carbonyl (C=O) groups is 1. The fourth-order valence-electron chi connectivity index (χ4n) is 2.30. The van der Waals surface area contributed by atoms with Gasteiger partial charge in [0.05, 0.1) is 0 Å². The van der Waals surface area contributed by atoms with Crippen LogP contribution in [0.2, 0.25) is 0 Å². The van der Waals surface area contributed by atoms with Gasteiger partial charge in [-0.1, -0.05) is 12.1 Å². The molecule has 0 saturated carbocycles. The molecule has 0 radical (unpaired) electrons. The van der Waals surface area contributed by atoms with Crippen molar-refractivity contribution >= 4 is 16.8 Å². The van der Waals surface area contributed by atoms with Crippen molar-refractivity contribution in [3.05, 3.63) is 46.2 Å². The molecule has 0 aliphatic heterocycles. The van der Waals surface area contributed by atoms with Crippen LogP contribution in [0.15, 0.2) is 35.1 Å². The van der Waals surface area contributed by atoms with Crippen LogP contribution in [0, 0.1) is 0 Å². The first kappa shape index (κ1) is 15.3. The summed E-state index contributed by atoms with van der Waals surface area (Å²) in [6.07, 6.45) is 0.516. The lowest BCUT2D eigenvalue weighted by molar-refractivity contribution is 0.0687. The number of nitrogens with zero attached hydrogens (tertiary/aromatic N) is 1. The van der Waals surface area contributed by atoms with E-state index in [4.69, 9.17) is 5.11 Å². The second-order valence-corrected chi connectivity index (χ2v) is 5.26. The van der Waals surface area contributed by atoms with Crippen molar-refractivity contribution in [2.45, 2.75) is 26.3 Å². The van der Waals surface area contributed by atoms with Crippen LogP contribution in [0.4, 0.5) is 0 Å². The van der Waals surface area contributed by atoms with Crippen LogP contribution in [-0.2, 0) is 0 Å². The number of aliphatic hydroxyl groups is 1. The molecule has 0 fully saturated rings. The lowest BCUT2D eigenvalue weighted by atomic mass is 10.1. The van der Waals surface area contributed by atoms with Crippen molar-refractivity contribution in [1.29, 1.82) is 0 Å². The van der Waals surface area contributed by atoms with Crippen molar-refractivity contribution in [3.63, 3.8) is 0 Å². The molecule has 0 aliphatic carbocycles. The minimum atomic E-state index is -0.221. The van der Waals surface area contributed by atoms with E-state index in [1.54, 1.807) is 23.1 Å². The molecule has 1 amide bonds. The summed E-state index contributed by atoms with van der Waals surface area (Å²) in [4.78, 5) is 29.3. The number of amides is 1. The van der Waals surface area contributed by atoms with E-state index in [0.717, 1.165) is 0 Å². The molecule has 1 aromatic carbocycles. The van der Waals surface area contributed by atoms with Gasteiger partial charge in [0, 0.05) is 36.2 Å². The van der Waals surface area contributed by atoms with E-state index < -0.39 is 0 Å². The molecule has 0 atom stereocenters. The van der Waals surface area contributed by atoms with E-state index in [0.29, 0.717) is 23.9 Å². The van der Waals surface area contributed by atoms with Crippen LogP contribution in [0.3, 0.4) is 0 Å². The predicted octanol–water partition coefficient (Wildman–Crippen LogP) is 1.76. The van der Waals surface area contributed by atoms with Gasteiger partial charge in [-0.05, 0) is 32.4 Å². The van der Waals surface area contributed by atoms with Crippen molar-refractivity contribution in [3.8, 4) is 0 Å². The number of para-hydroxylation sites is 1. The Hall–Kier alpha value is -2.14. The molecule has 0 unspecified atom stereocenters. The molecule has 0 aliphatic rings. The lowest BCUT2D eigenvalue weighted by Crippen LogP contribution is -2.38. The average Bonchev–Trinajstić information content (AvgIpc) is 2.47. The number of pyridine rings is 1. The van der Waals surface area contributed by atoms with E-state index >= 15 is 0 Å². The molecular weight excluding hydrogens is 268 g/mol. The van der Waals surface area contributed by atoms with Gasteiger partial charge in [-0.25, -0.2) is 0 Å². The van der Waals surface area contributed by atoms with Crippen LogP contribution in [-0.4, -0.2) is 40.1 Å². The number of H-pyrrole nitrogens is 1. The van der Waals surface area contributed by atoms with Crippen molar-refractivity contribution in [2.24, 2.45) is 0 Å². The Morgan fingerprint density at radius 2 is 2.05 bits per heavy atom. The van der Waals surface area contributed by atoms with Gasteiger partial charge in [-0.15, -0.1) is 0 Å². The summed E-state index contributed by atoms with van der Waals surface area (Å²) in [6, 6.07) is 8.46. The molecule has 0 saturated heterocycles. The summed E-state index contributed by atoms with van der Waals surface area (Å²) in [5.41, 5.74) is 0.767. The maximum absolute atomic E-state index is 12.6. The number of hydrogen-bond acceptors (Lipinski definition) is 3. The highest BCUT2D eigenvalue weighted by Gasteiger charge is 2.19. The fraction of sp³-hybridized carbons (Fsp3) is 0.375. The van der Waals surface area contributed by atoms with Gasteiger partial charge in [-0.3, -0.25) is 9.59 Å². The van der Waals surface area contributed by atoms with Crippen LogP contribution >= 0.6 is 0 Å². The molecule has 21 heavy (non-hydrogen) atoms. The van der Waals surface area contributed by atoms with Crippen LogP contribution in [0.1, 0.15) is 30.8 Å². The first-order chi connectivity index (χ1) is 10.0. The van der Waals surface area contributed by atoms with Crippen LogP contribution in [0.25, 0.3) is 10.9 Å². The standard InChI is InChI=1S/C16H20N2O3/c1-11(2)18(8-5-9-19)16(21)14-10-15(20)12-6-3-4-7-13(12)17-14/h3-4,6-7,10-11,19H,5,8-9H2,1-2H3,(H,17,20). The normalized spacial score (nSPS) is 11.0. The number of hydrogen-bond donors (Lipinski definition) is 2. The van der Waals surface area contributed by atoms with Gasteiger partial charge >= 0.3 is 0 Å². The molecule has 0 bridgehead atoms. The Morgan fingerprint density at radius 1 is 1.33 bits per heavy atom. The Balaban J connectivity index is 2.40. The summed E-state index contributed by atoms with van der Waals surface area (Å²) in [5, 5.41) is 9.51. The number of nitrogens with one attached hydrogen (secondary N) is 1. The molecule has 5 heteroatoms. The van der Waals surface area contributed by atoms with Gasteiger partial charge in [0.15, 0.2) is 5.43 Å². The Bertz CT molecular complexity index is 691. The van der Waals surface area contributed by atoms with E-state index in [1.165, 1.54) is 6.07 Å². The smallest absolute Gasteiger partial charge is 0.270 e. The average molecular weight is 288 g/mol. The molecule has 2 N–H and O–H groups in total. The van der Waals surface area contributed by atoms with Gasteiger partial charge in [-0.2, -0.15) is 0 Å². The third kappa shape index (κ3) is 3.31. The topological polar surface area (TPSA) is 73.4 Å². The quantitative estimate of drug-likeness (QED) is 0.880. The monoisotopic (exact) mass is 288 g/mol. The van der Waals surface area contributed by atoms with Crippen molar-refractivity contribution in [1.82, 2.24) is 9.88 Å². The molecule has 1 heterocycles. The lowest BCUT2D eigenvalue weighted by Gasteiger charge is -2.26. The maximum Gasteiger partial charge on any atom is 0.270 e. The van der Waals surface area contributed by atoms with Crippen LogP contribution < -0.4 is 5.43 Å². The second-order valence-electron chi connectivity index (χ2n) is 5.26. The third-order valence-electron chi connectivity index (χ3n) is 3.41. The maximum atomic E-state index is 12.6. The summed E-state index contributed by atoms with van der Waals surface area (Å²) in [6.45, 7) is 4.31. The first-order valence-corrected chi connectivity index (χ1v) is 7.08. The summed E-state index contributed by atoms with van der Waals surface area (Å²) >= 11 is 0. The van der Waals surface area contributed by atoms with Gasteiger partial charge < -0.3 is 15.0 Å². The molecular formula is C16H20N2O3. The van der Waals surface area contributed by atoms with Crippen molar-refractivity contribution in [2.75, 3.05) is 13.2 Å². The third-order valence-corrected chi connectivity index (χ3v) is 3.41. The highest BCUT2D eigenvalue weighted by Crippen LogP contribution is 2.11. The number of aromatic nitrogens is 1. The van der Waals surface area contributed by atoms with E-state index in [2.05, 4.69) is 4.98 Å². The highest BCUT2D eigenvalue weighted by molar-refractivity contribution is 5.95. The Morgan fingerprint density at radius 3 is 2.71 bits per heavy atom. The zero-order valence-electron chi connectivity index (χ0n) is 12.3. The summed E-state index contributed by atoms with van der Waals surface area (Å²) in [5.74, 6) is -0.221. The minimum absolute atomic E-state index is 0.000905. The minimum Gasteiger partial charge on any atom is -0.396 e. The number of aliphatic hydroxyl groups excluding tert-OH is 1. The van der Waals surface area contributed by atoms with Gasteiger partial charge in [0.25, 0.3) is 5.91 Å². The van der Waals surface area contributed by atoms with Gasteiger partial charge in [0.2, 0.25) is 0 Å². The largest absolute Gasteiger partial charge is 0.396 e. The SMILES string of the molecule is CC(C)N(CCCO)C(=O)c1cc(=O)c2ccccc2[nH]1. The van der Waals surface area contributed by atoms with E-state index in [1.807, 2.05) is 19.9 Å². The number of carbonyl (C=O) groups excluding carboxylic acids is 1. The van der Waals surface area contributed by atoms with E-state index in [9.17, 15) is 9.59 Å². The number of benzene rings is 1. The molecule has 5 nitrogen and oxygen atoms in total. The first-order valence-electron chi connectivity index (χ1n) is 7.08. The second kappa shape index (κ2) is 6.54. The fourth-order valence-corrected chi connectivity index (χ4v) is 2.30. The molecule has 0 spiro atoms. The number of aromatic amines is 1. The number of fused-ring (bicyclic) bond motifs is 1. The van der Waals surface area contributed by atoms with Crippen molar-refractivity contribution < 1.29 is 9.90 Å². The molecule has 2 rings (SSSR count). The Kier molecular flexibility index (Phi) is 4.75. The van der Waals surface area contributed by atoms with Crippen LogP contribution in [0.5, 0.6) is 0 Å². The molecule has 112 valence electrons. The zero-order valence-corrected chi connectivity index (χ0v) is 12.3.